The third-order valence-electron chi connectivity index (χ3n) is 2.57. The van der Waals surface area contributed by atoms with Gasteiger partial charge in [-0.2, -0.15) is 0 Å². The molecular weight excluding hydrogens is 278 g/mol. The third-order valence-corrected chi connectivity index (χ3v) is 3.58. The molecule has 0 amide bonds. The molecule has 0 saturated carbocycles. The molecule has 0 unspecified atom stereocenters. The minimum Gasteiger partial charge on any atom is -0.349 e. The number of thioether (sulfide) groups is 1. The Balaban J connectivity index is 1.78. The molecule has 1 aliphatic heterocycles. The maximum atomic E-state index is 5.76. The molecule has 0 bridgehead atoms. The molecule has 0 radical (unpaired) electrons. The Morgan fingerprint density at radius 2 is 2.00 bits per heavy atom. The zero-order valence-corrected chi connectivity index (χ0v) is 11.4. The molecule has 2 aromatic rings. The van der Waals surface area contributed by atoms with Gasteiger partial charge in [-0.25, -0.2) is 9.97 Å². The highest BCUT2D eigenvalue weighted by molar-refractivity contribution is 8.06. The molecule has 0 saturated heterocycles. The predicted molar refractivity (Wildman–Crippen MR) is 80.2 cm³/mol. The first-order valence-corrected chi connectivity index (χ1v) is 6.96. The first-order chi connectivity index (χ1) is 9.31. The summed E-state index contributed by atoms with van der Waals surface area (Å²) in [5, 5.41) is 6.72. The first kappa shape index (κ1) is 12.3. The molecule has 1 aromatic heterocycles. The topological polar surface area (TPSA) is 37.8 Å². The van der Waals surface area contributed by atoms with Gasteiger partial charge in [0, 0.05) is 11.6 Å². The van der Waals surface area contributed by atoms with Crippen LogP contribution in [0.2, 0.25) is 5.28 Å². The lowest BCUT2D eigenvalue weighted by Gasteiger charge is -2.04. The van der Waals surface area contributed by atoms with Gasteiger partial charge in [0.1, 0.15) is 0 Å². The SMILES string of the molecule is Clc1nccc(/C=C2/NC(c3ccccc3)=CS2)n1. The van der Waals surface area contributed by atoms with E-state index < -0.39 is 0 Å². The van der Waals surface area contributed by atoms with Crippen molar-refractivity contribution < 1.29 is 0 Å². The largest absolute Gasteiger partial charge is 0.349 e. The zero-order valence-electron chi connectivity index (χ0n) is 9.88. The summed E-state index contributed by atoms with van der Waals surface area (Å²) in [4.78, 5) is 8.00. The predicted octanol–water partition coefficient (Wildman–Crippen LogP) is 3.76. The van der Waals surface area contributed by atoms with E-state index >= 15 is 0 Å². The standard InChI is InChI=1S/C14H10ClN3S/c15-14-16-7-6-11(17-14)8-13-18-12(9-19-13)10-4-2-1-3-5-10/h1-9,18H/b13-8-. The third kappa shape index (κ3) is 2.97. The smallest absolute Gasteiger partial charge is 0.222 e. The second-order valence-corrected chi connectivity index (χ2v) is 5.15. The second kappa shape index (κ2) is 5.47. The zero-order chi connectivity index (χ0) is 13.1. The quantitative estimate of drug-likeness (QED) is 0.854. The van der Waals surface area contributed by atoms with E-state index in [1.165, 1.54) is 5.56 Å². The summed E-state index contributed by atoms with van der Waals surface area (Å²) in [5.74, 6) is 0. The van der Waals surface area contributed by atoms with E-state index in [0.29, 0.717) is 0 Å². The molecule has 3 rings (SSSR count). The average molecular weight is 288 g/mol. The first-order valence-electron chi connectivity index (χ1n) is 5.71. The van der Waals surface area contributed by atoms with Gasteiger partial charge in [0.15, 0.2) is 0 Å². The van der Waals surface area contributed by atoms with E-state index in [4.69, 9.17) is 11.6 Å². The van der Waals surface area contributed by atoms with E-state index in [9.17, 15) is 0 Å². The molecule has 1 aliphatic rings. The molecule has 3 nitrogen and oxygen atoms in total. The number of nitrogens with one attached hydrogen (secondary N) is 1. The van der Waals surface area contributed by atoms with Gasteiger partial charge in [0.05, 0.1) is 16.4 Å². The lowest BCUT2D eigenvalue weighted by molar-refractivity contribution is 1.14. The van der Waals surface area contributed by atoms with Crippen LogP contribution in [0.5, 0.6) is 0 Å². The highest BCUT2D eigenvalue weighted by Crippen LogP contribution is 2.30. The van der Waals surface area contributed by atoms with Gasteiger partial charge < -0.3 is 5.32 Å². The van der Waals surface area contributed by atoms with Crippen LogP contribution in [-0.4, -0.2) is 9.97 Å². The van der Waals surface area contributed by atoms with Crippen LogP contribution in [0.15, 0.2) is 53.0 Å². The fourth-order valence-electron chi connectivity index (χ4n) is 1.70. The number of benzene rings is 1. The van der Waals surface area contributed by atoms with E-state index in [1.807, 2.05) is 30.3 Å². The summed E-state index contributed by atoms with van der Waals surface area (Å²) in [5.41, 5.74) is 3.05. The summed E-state index contributed by atoms with van der Waals surface area (Å²) >= 11 is 7.39. The fraction of sp³-hybridized carbons (Fsp3) is 0. The monoisotopic (exact) mass is 287 g/mol. The van der Waals surface area contributed by atoms with Gasteiger partial charge in [0.2, 0.25) is 5.28 Å². The molecule has 5 heteroatoms. The van der Waals surface area contributed by atoms with Crippen molar-refractivity contribution in [3.05, 3.63) is 69.6 Å². The van der Waals surface area contributed by atoms with Crippen molar-refractivity contribution in [1.29, 1.82) is 0 Å². The Hall–Kier alpha value is -1.78. The Morgan fingerprint density at radius 3 is 2.79 bits per heavy atom. The van der Waals surface area contributed by atoms with Crippen LogP contribution >= 0.6 is 23.4 Å². The van der Waals surface area contributed by atoms with Crippen LogP contribution in [0.25, 0.3) is 11.8 Å². The van der Waals surface area contributed by atoms with Crippen molar-refractivity contribution in [2.45, 2.75) is 0 Å². The number of hydrogen-bond donors (Lipinski definition) is 1. The highest BCUT2D eigenvalue weighted by atomic mass is 35.5. The summed E-state index contributed by atoms with van der Waals surface area (Å²) in [6.07, 6.45) is 3.59. The average Bonchev–Trinajstić information content (AvgIpc) is 2.88. The molecule has 94 valence electrons. The minimum atomic E-state index is 0.258. The van der Waals surface area contributed by atoms with Crippen LogP contribution in [-0.2, 0) is 0 Å². The number of aromatic nitrogens is 2. The maximum absolute atomic E-state index is 5.76. The minimum absolute atomic E-state index is 0.258. The number of nitrogens with zero attached hydrogens (tertiary/aromatic N) is 2. The normalized spacial score (nSPS) is 16.3. The molecule has 1 N–H and O–H groups in total. The highest BCUT2D eigenvalue weighted by Gasteiger charge is 2.11. The number of hydrogen-bond acceptors (Lipinski definition) is 4. The van der Waals surface area contributed by atoms with Crippen molar-refractivity contribution >= 4 is 35.1 Å². The van der Waals surface area contributed by atoms with Crippen molar-refractivity contribution in [3.8, 4) is 0 Å². The number of rotatable bonds is 2. The molecule has 2 heterocycles. The van der Waals surface area contributed by atoms with Gasteiger partial charge in [-0.1, -0.05) is 42.1 Å². The lowest BCUT2D eigenvalue weighted by atomic mass is 10.2. The number of halogens is 1. The Kier molecular flexibility index (Phi) is 3.53. The summed E-state index contributed by atoms with van der Waals surface area (Å²) in [7, 11) is 0. The van der Waals surface area contributed by atoms with Gasteiger partial charge >= 0.3 is 0 Å². The fourth-order valence-corrected chi connectivity index (χ4v) is 2.66. The van der Waals surface area contributed by atoms with Crippen LogP contribution in [0, 0.1) is 0 Å². The molecule has 0 fully saturated rings. The van der Waals surface area contributed by atoms with Crippen molar-refractivity contribution in [2.75, 3.05) is 0 Å². The van der Waals surface area contributed by atoms with Gasteiger partial charge in [-0.05, 0) is 29.3 Å². The maximum Gasteiger partial charge on any atom is 0.222 e. The summed E-state index contributed by atoms with van der Waals surface area (Å²) in [6, 6.07) is 12.0. The van der Waals surface area contributed by atoms with Crippen molar-refractivity contribution in [1.82, 2.24) is 15.3 Å². The molecule has 0 aliphatic carbocycles. The Morgan fingerprint density at radius 1 is 1.16 bits per heavy atom. The van der Waals surface area contributed by atoms with Gasteiger partial charge in [-0.3, -0.25) is 0 Å². The lowest BCUT2D eigenvalue weighted by Crippen LogP contribution is -2.04. The Bertz CT molecular complexity index is 653. The van der Waals surface area contributed by atoms with Gasteiger partial charge in [0.25, 0.3) is 0 Å². The molecular formula is C14H10ClN3S. The molecule has 0 atom stereocenters. The van der Waals surface area contributed by atoms with E-state index in [-0.39, 0.29) is 5.28 Å². The Labute approximate surface area is 120 Å². The van der Waals surface area contributed by atoms with Crippen LogP contribution in [0.3, 0.4) is 0 Å². The van der Waals surface area contributed by atoms with Crippen LogP contribution in [0.1, 0.15) is 11.3 Å². The van der Waals surface area contributed by atoms with Crippen LogP contribution < -0.4 is 5.32 Å². The molecule has 0 spiro atoms. The second-order valence-electron chi connectivity index (χ2n) is 3.90. The van der Waals surface area contributed by atoms with Crippen molar-refractivity contribution in [2.24, 2.45) is 0 Å². The summed E-state index contributed by atoms with van der Waals surface area (Å²) in [6.45, 7) is 0. The molecule has 19 heavy (non-hydrogen) atoms. The molecule has 1 aromatic carbocycles. The van der Waals surface area contributed by atoms with E-state index in [2.05, 4.69) is 32.8 Å². The van der Waals surface area contributed by atoms with Gasteiger partial charge in [-0.15, -0.1) is 0 Å². The van der Waals surface area contributed by atoms with E-state index in [1.54, 1.807) is 18.0 Å². The van der Waals surface area contributed by atoms with Crippen LogP contribution in [0.4, 0.5) is 0 Å². The summed E-state index contributed by atoms with van der Waals surface area (Å²) < 4.78 is 0. The van der Waals surface area contributed by atoms with Crippen molar-refractivity contribution in [3.63, 3.8) is 0 Å². The van der Waals surface area contributed by atoms with E-state index in [0.717, 1.165) is 16.4 Å².